The molecule has 0 unspecified atom stereocenters. The molecule has 0 heterocycles. The number of benzene rings is 1. The van der Waals surface area contributed by atoms with Crippen LogP contribution >= 0.6 is 11.8 Å². The molecule has 1 aliphatic rings. The molecule has 3 N–H and O–H groups in total. The molecule has 0 atom stereocenters. The summed E-state index contributed by atoms with van der Waals surface area (Å²) in [7, 11) is -3.47. The molecule has 118 valence electrons. The minimum absolute atomic E-state index is 0.0882. The zero-order chi connectivity index (χ0) is 15.5. The fourth-order valence-electron chi connectivity index (χ4n) is 2.60. The maximum Gasteiger partial charge on any atom is 0.240 e. The van der Waals surface area contributed by atoms with Crippen LogP contribution in [0.25, 0.3) is 0 Å². The first kappa shape index (κ1) is 16.8. The number of nitrogens with two attached hydrogens (primary N) is 1. The van der Waals surface area contributed by atoms with Gasteiger partial charge in [-0.2, -0.15) is 11.8 Å². The molecule has 1 saturated carbocycles. The zero-order valence-corrected chi connectivity index (χ0v) is 14.3. The first-order valence-electron chi connectivity index (χ1n) is 7.33. The Bertz CT molecular complexity index is 590. The Morgan fingerprint density at radius 3 is 2.57 bits per heavy atom. The van der Waals surface area contributed by atoms with Gasteiger partial charge < -0.3 is 5.73 Å². The highest BCUT2D eigenvalue weighted by molar-refractivity contribution is 8.00. The summed E-state index contributed by atoms with van der Waals surface area (Å²) in [6, 6.07) is 5.46. The van der Waals surface area contributed by atoms with E-state index in [0.29, 0.717) is 24.4 Å². The lowest BCUT2D eigenvalue weighted by Gasteiger charge is -2.40. The van der Waals surface area contributed by atoms with E-state index in [-0.39, 0.29) is 4.75 Å². The van der Waals surface area contributed by atoms with E-state index in [1.165, 1.54) is 6.42 Å². The molecule has 1 fully saturated rings. The number of thioether (sulfide) groups is 1. The van der Waals surface area contributed by atoms with Crippen LogP contribution in [0, 0.1) is 0 Å². The Balaban J connectivity index is 2.22. The highest BCUT2D eigenvalue weighted by atomic mass is 32.2. The lowest BCUT2D eigenvalue weighted by Crippen LogP contribution is -2.45. The summed E-state index contributed by atoms with van der Waals surface area (Å²) in [5, 5.41) is 0. The predicted molar refractivity (Wildman–Crippen MR) is 89.0 cm³/mol. The van der Waals surface area contributed by atoms with Gasteiger partial charge in [0.1, 0.15) is 0 Å². The zero-order valence-electron chi connectivity index (χ0n) is 12.7. The van der Waals surface area contributed by atoms with E-state index in [2.05, 4.69) is 11.0 Å². The Labute approximate surface area is 131 Å². The van der Waals surface area contributed by atoms with Crippen molar-refractivity contribution in [2.45, 2.75) is 48.8 Å². The molecule has 0 radical (unpaired) electrons. The van der Waals surface area contributed by atoms with Crippen molar-refractivity contribution in [1.82, 2.24) is 4.72 Å². The van der Waals surface area contributed by atoms with Gasteiger partial charge in [-0.25, -0.2) is 13.1 Å². The SMILES string of the molecule is CCc1ccc(CN)cc1S(=O)(=O)NCC1(SC)CCC1. The van der Waals surface area contributed by atoms with E-state index in [0.717, 1.165) is 24.0 Å². The highest BCUT2D eigenvalue weighted by Gasteiger charge is 2.37. The van der Waals surface area contributed by atoms with Crippen LogP contribution in [0.2, 0.25) is 0 Å². The van der Waals surface area contributed by atoms with Crippen molar-refractivity contribution in [3.63, 3.8) is 0 Å². The smallest absolute Gasteiger partial charge is 0.240 e. The minimum Gasteiger partial charge on any atom is -0.326 e. The highest BCUT2D eigenvalue weighted by Crippen LogP contribution is 2.42. The van der Waals surface area contributed by atoms with Crippen molar-refractivity contribution in [3.05, 3.63) is 29.3 Å². The molecule has 1 aromatic rings. The van der Waals surface area contributed by atoms with Crippen molar-refractivity contribution in [2.75, 3.05) is 12.8 Å². The summed E-state index contributed by atoms with van der Waals surface area (Å²) >= 11 is 1.77. The average Bonchev–Trinajstić information content (AvgIpc) is 2.45. The van der Waals surface area contributed by atoms with Gasteiger partial charge in [-0.3, -0.25) is 0 Å². The standard InChI is InChI=1S/C15H24N2O2S2/c1-3-13-6-5-12(10-16)9-14(13)21(18,19)17-11-15(20-2)7-4-8-15/h5-6,9,17H,3-4,7-8,10-11,16H2,1-2H3. The maximum absolute atomic E-state index is 12.6. The van der Waals surface area contributed by atoms with Crippen molar-refractivity contribution >= 4 is 21.8 Å². The molecule has 6 heteroatoms. The van der Waals surface area contributed by atoms with Gasteiger partial charge in [0.15, 0.2) is 0 Å². The van der Waals surface area contributed by atoms with Gasteiger partial charge in [0, 0.05) is 17.8 Å². The number of aryl methyl sites for hydroxylation is 1. The molecule has 0 spiro atoms. The number of nitrogens with one attached hydrogen (secondary N) is 1. The molecule has 1 aliphatic carbocycles. The second-order valence-electron chi connectivity index (χ2n) is 5.56. The quantitative estimate of drug-likeness (QED) is 0.805. The van der Waals surface area contributed by atoms with Gasteiger partial charge in [-0.15, -0.1) is 0 Å². The second-order valence-corrected chi connectivity index (χ2v) is 8.57. The monoisotopic (exact) mass is 328 g/mol. The van der Waals surface area contributed by atoms with Gasteiger partial charge in [-0.05, 0) is 42.7 Å². The molecular weight excluding hydrogens is 304 g/mol. The molecule has 0 aliphatic heterocycles. The van der Waals surface area contributed by atoms with E-state index in [1.807, 2.05) is 19.1 Å². The molecule has 1 aromatic carbocycles. The molecule has 4 nitrogen and oxygen atoms in total. The van der Waals surface area contributed by atoms with Crippen molar-refractivity contribution in [2.24, 2.45) is 5.73 Å². The van der Waals surface area contributed by atoms with Crippen LogP contribution in [0.15, 0.2) is 23.1 Å². The Morgan fingerprint density at radius 1 is 1.38 bits per heavy atom. The second kappa shape index (κ2) is 6.69. The maximum atomic E-state index is 12.6. The molecule has 2 rings (SSSR count). The van der Waals surface area contributed by atoms with Crippen LogP contribution in [0.1, 0.15) is 37.3 Å². The van der Waals surface area contributed by atoms with E-state index in [1.54, 1.807) is 17.8 Å². The fraction of sp³-hybridized carbons (Fsp3) is 0.600. The van der Waals surface area contributed by atoms with Gasteiger partial charge in [0.2, 0.25) is 10.0 Å². The van der Waals surface area contributed by atoms with E-state index < -0.39 is 10.0 Å². The lowest BCUT2D eigenvalue weighted by molar-refractivity contribution is 0.362. The van der Waals surface area contributed by atoms with Gasteiger partial charge in [-0.1, -0.05) is 25.5 Å². The topological polar surface area (TPSA) is 72.2 Å². The Kier molecular flexibility index (Phi) is 5.35. The molecule has 0 bridgehead atoms. The third-order valence-electron chi connectivity index (χ3n) is 4.32. The van der Waals surface area contributed by atoms with E-state index in [9.17, 15) is 8.42 Å². The van der Waals surface area contributed by atoms with Gasteiger partial charge >= 0.3 is 0 Å². The molecular formula is C15H24N2O2S2. The summed E-state index contributed by atoms with van der Waals surface area (Å²) in [6.07, 6.45) is 6.10. The molecule has 0 aromatic heterocycles. The van der Waals surface area contributed by atoms with Crippen LogP contribution in [0.3, 0.4) is 0 Å². The van der Waals surface area contributed by atoms with Crippen LogP contribution in [0.4, 0.5) is 0 Å². The summed E-state index contributed by atoms with van der Waals surface area (Å²) in [4.78, 5) is 0.378. The average molecular weight is 329 g/mol. The largest absolute Gasteiger partial charge is 0.326 e. The molecule has 21 heavy (non-hydrogen) atoms. The van der Waals surface area contributed by atoms with Crippen LogP contribution in [-0.4, -0.2) is 26.0 Å². The van der Waals surface area contributed by atoms with Gasteiger partial charge in [0.25, 0.3) is 0 Å². The minimum atomic E-state index is -3.47. The van der Waals surface area contributed by atoms with Crippen LogP contribution in [-0.2, 0) is 23.0 Å². The number of rotatable bonds is 7. The third-order valence-corrected chi connectivity index (χ3v) is 7.22. The van der Waals surface area contributed by atoms with Crippen LogP contribution < -0.4 is 10.5 Å². The summed E-state index contributed by atoms with van der Waals surface area (Å²) < 4.78 is 28.1. The Hall–Kier alpha value is -0.560. The number of sulfonamides is 1. The summed E-state index contributed by atoms with van der Waals surface area (Å²) in [6.45, 7) is 2.82. The molecule has 0 amide bonds. The van der Waals surface area contributed by atoms with E-state index in [4.69, 9.17) is 5.73 Å². The van der Waals surface area contributed by atoms with E-state index >= 15 is 0 Å². The number of hydrogen-bond donors (Lipinski definition) is 2. The first-order chi connectivity index (χ1) is 9.96. The third kappa shape index (κ3) is 3.62. The summed E-state index contributed by atoms with van der Waals surface area (Å²) in [5.41, 5.74) is 7.31. The van der Waals surface area contributed by atoms with Crippen LogP contribution in [0.5, 0.6) is 0 Å². The molecule has 0 saturated heterocycles. The fourth-order valence-corrected chi connectivity index (χ4v) is 5.09. The van der Waals surface area contributed by atoms with Crippen molar-refractivity contribution in [1.29, 1.82) is 0 Å². The Morgan fingerprint density at radius 2 is 2.10 bits per heavy atom. The lowest BCUT2D eigenvalue weighted by atomic mass is 9.84. The van der Waals surface area contributed by atoms with Gasteiger partial charge in [0.05, 0.1) is 4.90 Å². The number of hydrogen-bond acceptors (Lipinski definition) is 4. The summed E-state index contributed by atoms with van der Waals surface area (Å²) in [5.74, 6) is 0. The van der Waals surface area contributed by atoms with Crippen molar-refractivity contribution < 1.29 is 8.42 Å². The predicted octanol–water partition coefficient (Wildman–Crippen LogP) is 2.27. The first-order valence-corrected chi connectivity index (χ1v) is 10.0. The van der Waals surface area contributed by atoms with Crippen molar-refractivity contribution in [3.8, 4) is 0 Å². The normalized spacial score (nSPS) is 17.5.